The summed E-state index contributed by atoms with van der Waals surface area (Å²) >= 11 is 12.4. The number of aromatic nitrogens is 2. The second-order valence-electron chi connectivity index (χ2n) is 6.46. The lowest BCUT2D eigenvalue weighted by Gasteiger charge is -2.27. The second-order valence-corrected chi connectivity index (χ2v) is 7.30. The molecule has 112 valence electrons. The topological polar surface area (TPSA) is 54.7 Å². The molecule has 3 rings (SSSR count). The molecule has 0 amide bonds. The van der Waals surface area contributed by atoms with Gasteiger partial charge in [0.2, 0.25) is 0 Å². The first kappa shape index (κ1) is 14.7. The van der Waals surface area contributed by atoms with E-state index in [-0.39, 0.29) is 5.41 Å². The van der Waals surface area contributed by atoms with Crippen LogP contribution < -0.4 is 5.73 Å². The van der Waals surface area contributed by atoms with Crippen LogP contribution in [0.3, 0.4) is 0 Å². The molecule has 5 heteroatoms. The molecule has 1 aromatic heterocycles. The van der Waals surface area contributed by atoms with E-state index < -0.39 is 0 Å². The molecule has 3 nitrogen and oxygen atoms in total. The van der Waals surface area contributed by atoms with Crippen molar-refractivity contribution in [3.8, 4) is 11.1 Å². The number of nitrogens with two attached hydrogens (primary N) is 1. The van der Waals surface area contributed by atoms with Crippen LogP contribution in [0.5, 0.6) is 0 Å². The molecule has 1 fully saturated rings. The fourth-order valence-electron chi connectivity index (χ4n) is 3.46. The van der Waals surface area contributed by atoms with Crippen molar-refractivity contribution < 1.29 is 0 Å². The molecule has 1 aliphatic carbocycles. The standard InChI is InChI=1S/C16H19Cl2N3/c1-16(2)7-3-4-11(16)14-13(15(19)21-20-14)10-6-5-9(17)8-12(10)18/h5-6,8,11H,3-4,7H2,1-2H3,(H3,19,20,21). The van der Waals surface area contributed by atoms with E-state index in [1.54, 1.807) is 6.07 Å². The molecule has 3 N–H and O–H groups in total. The Morgan fingerprint density at radius 1 is 1.33 bits per heavy atom. The normalized spacial score (nSPS) is 20.9. The molecular formula is C16H19Cl2N3. The van der Waals surface area contributed by atoms with E-state index in [9.17, 15) is 0 Å². The Morgan fingerprint density at radius 2 is 2.10 bits per heavy atom. The van der Waals surface area contributed by atoms with Gasteiger partial charge in [-0.25, -0.2) is 0 Å². The molecule has 0 saturated heterocycles. The van der Waals surface area contributed by atoms with Crippen LogP contribution in [0.15, 0.2) is 18.2 Å². The summed E-state index contributed by atoms with van der Waals surface area (Å²) in [5, 5.41) is 8.60. The van der Waals surface area contributed by atoms with Crippen LogP contribution in [0.4, 0.5) is 5.82 Å². The first-order valence-corrected chi connectivity index (χ1v) is 7.95. The van der Waals surface area contributed by atoms with Crippen molar-refractivity contribution in [3.63, 3.8) is 0 Å². The average Bonchev–Trinajstić information content (AvgIpc) is 2.92. The Morgan fingerprint density at radius 3 is 2.71 bits per heavy atom. The van der Waals surface area contributed by atoms with Crippen LogP contribution in [0.25, 0.3) is 11.1 Å². The third-order valence-corrected chi connectivity index (χ3v) is 5.18. The SMILES string of the molecule is CC1(C)CCCC1c1[nH]nc(N)c1-c1ccc(Cl)cc1Cl. The maximum atomic E-state index is 6.36. The van der Waals surface area contributed by atoms with Crippen molar-refractivity contribution in [2.75, 3.05) is 5.73 Å². The van der Waals surface area contributed by atoms with Crippen LogP contribution in [-0.2, 0) is 0 Å². The molecule has 21 heavy (non-hydrogen) atoms. The van der Waals surface area contributed by atoms with Gasteiger partial charge in [-0.05, 0) is 30.4 Å². The summed E-state index contributed by atoms with van der Waals surface area (Å²) in [4.78, 5) is 0. The van der Waals surface area contributed by atoms with Gasteiger partial charge in [0.15, 0.2) is 5.82 Å². The summed E-state index contributed by atoms with van der Waals surface area (Å²) in [6, 6.07) is 5.49. The maximum absolute atomic E-state index is 6.36. The zero-order chi connectivity index (χ0) is 15.2. The van der Waals surface area contributed by atoms with Gasteiger partial charge in [0.05, 0.1) is 5.02 Å². The summed E-state index contributed by atoms with van der Waals surface area (Å²) in [6.45, 7) is 4.60. The fraction of sp³-hybridized carbons (Fsp3) is 0.438. The van der Waals surface area contributed by atoms with E-state index in [1.807, 2.05) is 12.1 Å². The van der Waals surface area contributed by atoms with Crippen LogP contribution in [-0.4, -0.2) is 10.2 Å². The van der Waals surface area contributed by atoms with E-state index in [4.69, 9.17) is 28.9 Å². The lowest BCUT2D eigenvalue weighted by atomic mass is 9.78. The Balaban J connectivity index is 2.13. The summed E-state index contributed by atoms with van der Waals surface area (Å²) in [5.74, 6) is 0.918. The lowest BCUT2D eigenvalue weighted by molar-refractivity contribution is 0.328. The highest BCUT2D eigenvalue weighted by molar-refractivity contribution is 6.36. The summed E-state index contributed by atoms with van der Waals surface area (Å²) in [7, 11) is 0. The minimum Gasteiger partial charge on any atom is -0.382 e. The number of nitrogens with one attached hydrogen (secondary N) is 1. The monoisotopic (exact) mass is 323 g/mol. The molecule has 1 aromatic carbocycles. The number of H-pyrrole nitrogens is 1. The predicted molar refractivity (Wildman–Crippen MR) is 88.8 cm³/mol. The smallest absolute Gasteiger partial charge is 0.153 e. The first-order chi connectivity index (χ1) is 9.90. The number of nitrogens with zero attached hydrogens (tertiary/aromatic N) is 1. The average molecular weight is 324 g/mol. The van der Waals surface area contributed by atoms with Gasteiger partial charge >= 0.3 is 0 Å². The van der Waals surface area contributed by atoms with Crippen molar-refractivity contribution in [2.24, 2.45) is 5.41 Å². The second kappa shape index (κ2) is 5.22. The van der Waals surface area contributed by atoms with Gasteiger partial charge in [-0.15, -0.1) is 0 Å². The van der Waals surface area contributed by atoms with Crippen molar-refractivity contribution in [3.05, 3.63) is 33.9 Å². The van der Waals surface area contributed by atoms with Crippen molar-refractivity contribution in [1.29, 1.82) is 0 Å². The number of anilines is 1. The largest absolute Gasteiger partial charge is 0.382 e. The Kier molecular flexibility index (Phi) is 3.66. The Bertz CT molecular complexity index is 676. The van der Waals surface area contributed by atoms with Gasteiger partial charge in [0.1, 0.15) is 0 Å². The molecule has 1 unspecified atom stereocenters. The number of hydrogen-bond donors (Lipinski definition) is 2. The van der Waals surface area contributed by atoms with Gasteiger partial charge in [-0.3, -0.25) is 5.10 Å². The van der Waals surface area contributed by atoms with E-state index in [2.05, 4.69) is 24.0 Å². The highest BCUT2D eigenvalue weighted by atomic mass is 35.5. The molecule has 1 atom stereocenters. The third-order valence-electron chi connectivity index (χ3n) is 4.63. The molecule has 0 bridgehead atoms. The first-order valence-electron chi connectivity index (χ1n) is 7.19. The number of halogens is 2. The molecular weight excluding hydrogens is 305 g/mol. The Labute approximate surface area is 134 Å². The number of aromatic amines is 1. The van der Waals surface area contributed by atoms with Crippen LogP contribution in [0.2, 0.25) is 10.0 Å². The zero-order valence-electron chi connectivity index (χ0n) is 12.2. The van der Waals surface area contributed by atoms with Gasteiger partial charge < -0.3 is 5.73 Å². The molecule has 1 aliphatic rings. The summed E-state index contributed by atoms with van der Waals surface area (Å²) in [6.07, 6.45) is 3.58. The van der Waals surface area contributed by atoms with Crippen LogP contribution in [0.1, 0.15) is 44.7 Å². The molecule has 0 radical (unpaired) electrons. The van der Waals surface area contributed by atoms with Gasteiger partial charge in [-0.1, -0.05) is 49.5 Å². The predicted octanol–water partition coefficient (Wildman–Crippen LogP) is 5.26. The minimum absolute atomic E-state index is 0.243. The maximum Gasteiger partial charge on any atom is 0.153 e. The summed E-state index contributed by atoms with van der Waals surface area (Å²) < 4.78 is 0. The molecule has 1 saturated carbocycles. The molecule has 2 aromatic rings. The number of nitrogen functional groups attached to an aromatic ring is 1. The number of hydrogen-bond acceptors (Lipinski definition) is 2. The molecule has 1 heterocycles. The lowest BCUT2D eigenvalue weighted by Crippen LogP contribution is -2.16. The van der Waals surface area contributed by atoms with E-state index >= 15 is 0 Å². The van der Waals surface area contributed by atoms with E-state index in [1.165, 1.54) is 12.8 Å². The minimum atomic E-state index is 0.243. The van der Waals surface area contributed by atoms with E-state index in [0.29, 0.717) is 21.8 Å². The number of benzene rings is 1. The van der Waals surface area contributed by atoms with Gasteiger partial charge in [-0.2, -0.15) is 5.10 Å². The highest BCUT2D eigenvalue weighted by Gasteiger charge is 2.38. The van der Waals surface area contributed by atoms with Crippen molar-refractivity contribution in [2.45, 2.75) is 39.0 Å². The van der Waals surface area contributed by atoms with Crippen LogP contribution >= 0.6 is 23.2 Å². The number of rotatable bonds is 2. The Hall–Kier alpha value is -1.19. The van der Waals surface area contributed by atoms with Crippen molar-refractivity contribution >= 4 is 29.0 Å². The van der Waals surface area contributed by atoms with Crippen LogP contribution in [0, 0.1) is 5.41 Å². The fourth-order valence-corrected chi connectivity index (χ4v) is 3.96. The van der Waals surface area contributed by atoms with Gasteiger partial charge in [0.25, 0.3) is 0 Å². The van der Waals surface area contributed by atoms with Gasteiger partial charge in [0, 0.05) is 27.8 Å². The summed E-state index contributed by atoms with van der Waals surface area (Å²) in [5.41, 5.74) is 9.26. The zero-order valence-corrected chi connectivity index (χ0v) is 13.7. The molecule has 0 aliphatic heterocycles. The highest BCUT2D eigenvalue weighted by Crippen LogP contribution is 2.51. The van der Waals surface area contributed by atoms with E-state index in [0.717, 1.165) is 23.2 Å². The third kappa shape index (κ3) is 2.53. The quantitative estimate of drug-likeness (QED) is 0.792. The molecule has 0 spiro atoms. The van der Waals surface area contributed by atoms with Crippen molar-refractivity contribution in [1.82, 2.24) is 10.2 Å².